The smallest absolute Gasteiger partial charge is 0.248 e. The summed E-state index contributed by atoms with van der Waals surface area (Å²) in [7, 11) is 0. The average Bonchev–Trinajstić information content (AvgIpc) is 3.29. The molecule has 0 saturated heterocycles. The van der Waals surface area contributed by atoms with E-state index in [2.05, 4.69) is 83.2 Å². The molecule has 31 heavy (non-hydrogen) atoms. The van der Waals surface area contributed by atoms with Crippen molar-refractivity contribution in [2.75, 3.05) is 26.2 Å². The maximum absolute atomic E-state index is 6.12. The van der Waals surface area contributed by atoms with Crippen molar-refractivity contribution in [1.82, 2.24) is 20.8 Å². The summed E-state index contributed by atoms with van der Waals surface area (Å²) in [5.74, 6) is 1.14. The molecule has 2 aliphatic heterocycles. The second-order valence-electron chi connectivity index (χ2n) is 8.34. The van der Waals surface area contributed by atoms with Crippen molar-refractivity contribution in [3.63, 3.8) is 0 Å². The third-order valence-corrected chi connectivity index (χ3v) is 6.17. The van der Waals surface area contributed by atoms with E-state index in [1.807, 2.05) is 0 Å². The zero-order valence-electron chi connectivity index (χ0n) is 18.2. The molecule has 0 unspecified atom stereocenters. The summed E-state index contributed by atoms with van der Waals surface area (Å²) >= 11 is 0. The zero-order valence-corrected chi connectivity index (χ0v) is 18.2. The first kappa shape index (κ1) is 19.9. The van der Waals surface area contributed by atoms with Gasteiger partial charge in [-0.2, -0.15) is 0 Å². The van der Waals surface area contributed by atoms with Crippen LogP contribution in [0.1, 0.15) is 35.1 Å². The van der Waals surface area contributed by atoms with E-state index in [1.54, 1.807) is 0 Å². The standard InChI is InChI=1S/C26H28N4O/c1-17-15-23(21-9-13-28-14-10-21)16-18(2)24(17)26-30-29-25(31-26)22-5-3-19(4-6-22)20-7-11-27-12-8-20/h3-7,9,15-16,27-28H,8,10-14H2,1-2H3. The fourth-order valence-electron chi connectivity index (χ4n) is 4.52. The molecule has 5 rings (SSSR count). The van der Waals surface area contributed by atoms with E-state index in [0.29, 0.717) is 11.8 Å². The molecule has 0 fully saturated rings. The zero-order chi connectivity index (χ0) is 21.2. The Hall–Kier alpha value is -3.02. The van der Waals surface area contributed by atoms with Gasteiger partial charge in [-0.3, -0.25) is 0 Å². The first-order valence-electron chi connectivity index (χ1n) is 11.0. The number of benzene rings is 2. The maximum Gasteiger partial charge on any atom is 0.248 e. The normalized spacial score (nSPS) is 16.7. The lowest BCUT2D eigenvalue weighted by molar-refractivity contribution is 0.583. The second kappa shape index (κ2) is 8.61. The van der Waals surface area contributed by atoms with Crippen LogP contribution >= 0.6 is 0 Å². The molecule has 158 valence electrons. The van der Waals surface area contributed by atoms with Crippen LogP contribution in [0.15, 0.2) is 53.0 Å². The fraction of sp³-hybridized carbons (Fsp3) is 0.308. The third kappa shape index (κ3) is 4.11. The third-order valence-electron chi connectivity index (χ3n) is 6.17. The van der Waals surface area contributed by atoms with E-state index in [4.69, 9.17) is 4.42 Å². The molecule has 3 aromatic rings. The van der Waals surface area contributed by atoms with Gasteiger partial charge in [0, 0.05) is 24.2 Å². The number of hydrogen-bond donors (Lipinski definition) is 2. The van der Waals surface area contributed by atoms with Gasteiger partial charge >= 0.3 is 0 Å². The molecular formula is C26H28N4O. The van der Waals surface area contributed by atoms with Crippen LogP contribution in [0.5, 0.6) is 0 Å². The van der Waals surface area contributed by atoms with E-state index in [0.717, 1.165) is 61.3 Å². The van der Waals surface area contributed by atoms with E-state index >= 15 is 0 Å². The van der Waals surface area contributed by atoms with Crippen LogP contribution in [0.3, 0.4) is 0 Å². The van der Waals surface area contributed by atoms with Gasteiger partial charge in [0.1, 0.15) is 0 Å². The van der Waals surface area contributed by atoms with Gasteiger partial charge in [-0.1, -0.05) is 36.4 Å². The molecule has 5 nitrogen and oxygen atoms in total. The quantitative estimate of drug-likeness (QED) is 0.646. The predicted octanol–water partition coefficient (Wildman–Crippen LogP) is 4.77. The summed E-state index contributed by atoms with van der Waals surface area (Å²) in [6.07, 6.45) is 6.67. The van der Waals surface area contributed by atoms with Gasteiger partial charge in [0.05, 0.1) is 0 Å². The summed E-state index contributed by atoms with van der Waals surface area (Å²) in [6, 6.07) is 12.9. The van der Waals surface area contributed by atoms with E-state index in [1.165, 1.54) is 22.3 Å². The van der Waals surface area contributed by atoms with Crippen molar-refractivity contribution >= 4 is 11.1 Å². The lowest BCUT2D eigenvalue weighted by atomic mass is 9.93. The Morgan fingerprint density at radius 1 is 0.710 bits per heavy atom. The van der Waals surface area contributed by atoms with Crippen molar-refractivity contribution in [3.8, 4) is 22.9 Å². The van der Waals surface area contributed by atoms with Crippen molar-refractivity contribution in [2.24, 2.45) is 0 Å². The number of nitrogens with zero attached hydrogens (tertiary/aromatic N) is 2. The van der Waals surface area contributed by atoms with Gasteiger partial charge < -0.3 is 15.1 Å². The summed E-state index contributed by atoms with van der Waals surface area (Å²) in [5.41, 5.74) is 9.67. The second-order valence-corrected chi connectivity index (χ2v) is 8.34. The Kier molecular flexibility index (Phi) is 5.53. The Bertz CT molecular complexity index is 1130. The van der Waals surface area contributed by atoms with E-state index in [-0.39, 0.29) is 0 Å². The lowest BCUT2D eigenvalue weighted by Gasteiger charge is -2.16. The molecule has 3 heterocycles. The highest BCUT2D eigenvalue weighted by Gasteiger charge is 2.17. The van der Waals surface area contributed by atoms with Crippen molar-refractivity contribution in [2.45, 2.75) is 26.7 Å². The molecule has 0 bridgehead atoms. The molecule has 2 aliphatic rings. The first-order valence-corrected chi connectivity index (χ1v) is 11.0. The van der Waals surface area contributed by atoms with Gasteiger partial charge in [0.2, 0.25) is 11.8 Å². The summed E-state index contributed by atoms with van der Waals surface area (Å²) in [4.78, 5) is 0. The number of aromatic nitrogens is 2. The monoisotopic (exact) mass is 412 g/mol. The molecule has 0 spiro atoms. The van der Waals surface area contributed by atoms with Gasteiger partial charge in [0.15, 0.2) is 0 Å². The van der Waals surface area contributed by atoms with E-state index < -0.39 is 0 Å². The molecule has 1 aromatic heterocycles. The Labute approximate surface area is 183 Å². The van der Waals surface area contributed by atoms with Gasteiger partial charge in [-0.25, -0.2) is 0 Å². The lowest BCUT2D eigenvalue weighted by Crippen LogP contribution is -2.20. The minimum atomic E-state index is 0.560. The van der Waals surface area contributed by atoms with Crippen molar-refractivity contribution < 1.29 is 4.42 Å². The molecule has 2 aromatic carbocycles. The topological polar surface area (TPSA) is 63.0 Å². The number of hydrogen-bond acceptors (Lipinski definition) is 5. The first-order chi connectivity index (χ1) is 15.2. The maximum atomic E-state index is 6.12. The molecular weight excluding hydrogens is 384 g/mol. The van der Waals surface area contributed by atoms with Crippen LogP contribution in [-0.4, -0.2) is 36.4 Å². The fourth-order valence-corrected chi connectivity index (χ4v) is 4.52. The van der Waals surface area contributed by atoms with Crippen LogP contribution in [0.2, 0.25) is 0 Å². The van der Waals surface area contributed by atoms with Gasteiger partial charge in [-0.15, -0.1) is 10.2 Å². The summed E-state index contributed by atoms with van der Waals surface area (Å²) < 4.78 is 6.12. The molecule has 5 heteroatoms. The average molecular weight is 413 g/mol. The molecule has 0 radical (unpaired) electrons. The molecule has 0 amide bonds. The number of nitrogens with one attached hydrogen (secondary N) is 2. The Balaban J connectivity index is 1.41. The minimum Gasteiger partial charge on any atom is -0.416 e. The highest BCUT2D eigenvalue weighted by atomic mass is 16.4. The highest BCUT2D eigenvalue weighted by molar-refractivity contribution is 5.74. The van der Waals surface area contributed by atoms with Crippen LogP contribution in [0, 0.1) is 13.8 Å². The highest BCUT2D eigenvalue weighted by Crippen LogP contribution is 2.33. The largest absolute Gasteiger partial charge is 0.416 e. The summed E-state index contributed by atoms with van der Waals surface area (Å²) in [6.45, 7) is 8.20. The van der Waals surface area contributed by atoms with Crippen LogP contribution in [0.25, 0.3) is 34.1 Å². The van der Waals surface area contributed by atoms with E-state index in [9.17, 15) is 0 Å². The van der Waals surface area contributed by atoms with Crippen LogP contribution in [0.4, 0.5) is 0 Å². The molecule has 2 N–H and O–H groups in total. The van der Waals surface area contributed by atoms with Crippen molar-refractivity contribution in [1.29, 1.82) is 0 Å². The van der Waals surface area contributed by atoms with Gasteiger partial charge in [-0.05, 0) is 85.3 Å². The van der Waals surface area contributed by atoms with Crippen molar-refractivity contribution in [3.05, 3.63) is 70.8 Å². The molecule has 0 atom stereocenters. The summed E-state index contributed by atoms with van der Waals surface area (Å²) in [5, 5.41) is 15.4. The van der Waals surface area contributed by atoms with Crippen LogP contribution in [-0.2, 0) is 0 Å². The molecule has 0 saturated carbocycles. The molecule has 0 aliphatic carbocycles. The van der Waals surface area contributed by atoms with Gasteiger partial charge in [0.25, 0.3) is 0 Å². The Morgan fingerprint density at radius 3 is 1.84 bits per heavy atom. The number of aryl methyl sites for hydroxylation is 2. The van der Waals surface area contributed by atoms with Crippen LogP contribution < -0.4 is 10.6 Å². The number of rotatable bonds is 4. The SMILES string of the molecule is Cc1cc(C2=CCNCC2)cc(C)c1-c1nnc(-c2ccc(C3=CCNCC3)cc2)o1. The predicted molar refractivity (Wildman–Crippen MR) is 126 cm³/mol. The Morgan fingerprint density at radius 2 is 1.26 bits per heavy atom. The minimum absolute atomic E-state index is 0.560.